The summed E-state index contributed by atoms with van der Waals surface area (Å²) < 4.78 is 0.923. The molecular formula is C26H28N6S. The minimum absolute atomic E-state index is 0.348. The predicted molar refractivity (Wildman–Crippen MR) is 136 cm³/mol. The van der Waals surface area contributed by atoms with E-state index in [4.69, 9.17) is 6.42 Å². The molecule has 0 spiro atoms. The number of piperidine rings is 1. The standard InChI is InChI=1S/C26H28N6S/c1-3-19-8-7-18(2)22(15-19)30-24-23-25(28-17-27-24)31-26(33-23)29-21-11-9-20(10-12-21)16-32-13-5-4-6-14-32/h1,8-12,15,17-18H,4-7,13-14,16H2,2H3,(H2,27,28,29,30,31). The third kappa shape index (κ3) is 5.08. The fraction of sp³-hybridized carbons (Fsp3) is 0.346. The van der Waals surface area contributed by atoms with Crippen LogP contribution in [0.1, 0.15) is 38.2 Å². The first-order valence-corrected chi connectivity index (χ1v) is 12.3. The average Bonchev–Trinajstić information content (AvgIpc) is 3.26. The number of likely N-dealkylation sites (tertiary alicyclic amines) is 1. The zero-order chi connectivity index (χ0) is 22.6. The maximum absolute atomic E-state index is 5.59. The summed E-state index contributed by atoms with van der Waals surface area (Å²) in [4.78, 5) is 16.1. The van der Waals surface area contributed by atoms with Crippen molar-refractivity contribution in [2.24, 2.45) is 5.92 Å². The number of aromatic nitrogens is 3. The molecule has 33 heavy (non-hydrogen) atoms. The van der Waals surface area contributed by atoms with Gasteiger partial charge in [-0.25, -0.2) is 9.97 Å². The van der Waals surface area contributed by atoms with Gasteiger partial charge < -0.3 is 10.6 Å². The molecule has 2 N–H and O–H groups in total. The minimum Gasteiger partial charge on any atom is -0.342 e. The number of nitrogens with one attached hydrogen (secondary N) is 2. The van der Waals surface area contributed by atoms with Gasteiger partial charge in [0.15, 0.2) is 16.6 Å². The van der Waals surface area contributed by atoms with Gasteiger partial charge in [0, 0.05) is 23.5 Å². The molecule has 0 saturated carbocycles. The first-order chi connectivity index (χ1) is 16.2. The van der Waals surface area contributed by atoms with E-state index in [2.05, 4.69) is 73.7 Å². The molecule has 168 valence electrons. The molecule has 2 aromatic heterocycles. The molecule has 1 aromatic carbocycles. The van der Waals surface area contributed by atoms with Gasteiger partial charge in [-0.3, -0.25) is 4.90 Å². The van der Waals surface area contributed by atoms with Gasteiger partial charge >= 0.3 is 0 Å². The summed E-state index contributed by atoms with van der Waals surface area (Å²) in [6.07, 6.45) is 16.2. The van der Waals surface area contributed by atoms with Crippen molar-refractivity contribution < 1.29 is 0 Å². The first-order valence-electron chi connectivity index (χ1n) is 11.5. The molecule has 7 heteroatoms. The normalized spacial score (nSPS) is 19.0. The summed E-state index contributed by atoms with van der Waals surface area (Å²) in [7, 11) is 0. The number of thiazole rings is 1. The second-order valence-corrected chi connectivity index (χ2v) is 9.72. The predicted octanol–water partition coefficient (Wildman–Crippen LogP) is 5.71. The summed E-state index contributed by atoms with van der Waals surface area (Å²) in [6.45, 7) is 5.62. The van der Waals surface area contributed by atoms with Crippen LogP contribution < -0.4 is 10.6 Å². The molecule has 1 saturated heterocycles. The van der Waals surface area contributed by atoms with Gasteiger partial charge in [0.1, 0.15) is 11.0 Å². The molecule has 2 aliphatic rings. The molecule has 0 bridgehead atoms. The Balaban J connectivity index is 1.30. The van der Waals surface area contributed by atoms with Gasteiger partial charge in [0.05, 0.1) is 0 Å². The fourth-order valence-electron chi connectivity index (χ4n) is 4.28. The Morgan fingerprint density at radius 3 is 2.73 bits per heavy atom. The van der Waals surface area contributed by atoms with E-state index in [0.717, 1.165) is 45.6 Å². The molecule has 1 fully saturated rings. The monoisotopic (exact) mass is 456 g/mol. The molecule has 1 aliphatic heterocycles. The van der Waals surface area contributed by atoms with Crippen molar-refractivity contribution in [3.63, 3.8) is 0 Å². The number of fused-ring (bicyclic) bond motifs is 1. The van der Waals surface area contributed by atoms with Crippen LogP contribution >= 0.6 is 11.3 Å². The third-order valence-electron chi connectivity index (χ3n) is 6.21. The van der Waals surface area contributed by atoms with E-state index in [1.165, 1.54) is 37.9 Å². The van der Waals surface area contributed by atoms with Crippen LogP contribution in [-0.2, 0) is 6.54 Å². The van der Waals surface area contributed by atoms with E-state index in [9.17, 15) is 0 Å². The SMILES string of the molecule is C#CC1=CCC(C)C(Nc2ncnc3nc(Nc4ccc(CN5CCCCC5)cc4)sc23)=C1. The lowest BCUT2D eigenvalue weighted by Crippen LogP contribution is -2.28. The van der Waals surface area contributed by atoms with Crippen molar-refractivity contribution in [1.82, 2.24) is 19.9 Å². The lowest BCUT2D eigenvalue weighted by atomic mass is 9.95. The number of allylic oxidation sites excluding steroid dienone is 4. The highest BCUT2D eigenvalue weighted by Gasteiger charge is 2.17. The van der Waals surface area contributed by atoms with Crippen molar-refractivity contribution in [3.8, 4) is 12.3 Å². The van der Waals surface area contributed by atoms with Gasteiger partial charge in [-0.2, -0.15) is 4.98 Å². The van der Waals surface area contributed by atoms with Crippen LogP contribution in [-0.4, -0.2) is 32.9 Å². The molecule has 6 nitrogen and oxygen atoms in total. The quantitative estimate of drug-likeness (QED) is 0.463. The van der Waals surface area contributed by atoms with Gasteiger partial charge in [0.25, 0.3) is 0 Å². The first kappa shape index (κ1) is 21.6. The smallest absolute Gasteiger partial charge is 0.189 e. The second kappa shape index (κ2) is 9.74. The van der Waals surface area contributed by atoms with Crippen LogP contribution in [0.4, 0.5) is 16.6 Å². The Bertz CT molecular complexity index is 1230. The number of terminal acetylenes is 1. The van der Waals surface area contributed by atoms with E-state index < -0.39 is 0 Å². The number of hydrogen-bond acceptors (Lipinski definition) is 7. The number of benzene rings is 1. The molecule has 1 unspecified atom stereocenters. The summed E-state index contributed by atoms with van der Waals surface area (Å²) in [5.41, 5.74) is 5.01. The van der Waals surface area contributed by atoms with Crippen LogP contribution in [0.25, 0.3) is 10.3 Å². The molecule has 3 heterocycles. The van der Waals surface area contributed by atoms with Crippen molar-refractivity contribution in [1.29, 1.82) is 0 Å². The fourth-order valence-corrected chi connectivity index (χ4v) is 5.17. The van der Waals surface area contributed by atoms with Crippen molar-refractivity contribution in [2.75, 3.05) is 23.7 Å². The number of hydrogen-bond donors (Lipinski definition) is 2. The summed E-state index contributed by atoms with van der Waals surface area (Å²) in [5.74, 6) is 3.84. The average molecular weight is 457 g/mol. The van der Waals surface area contributed by atoms with E-state index in [1.807, 2.05) is 6.08 Å². The van der Waals surface area contributed by atoms with Crippen LogP contribution in [0, 0.1) is 18.3 Å². The number of rotatable bonds is 6. The maximum atomic E-state index is 5.59. The van der Waals surface area contributed by atoms with Crippen LogP contribution in [0.3, 0.4) is 0 Å². The van der Waals surface area contributed by atoms with Gasteiger partial charge in [-0.05, 0) is 62.0 Å². The highest BCUT2D eigenvalue weighted by atomic mass is 32.1. The summed E-state index contributed by atoms with van der Waals surface area (Å²) in [5, 5.41) is 7.70. The van der Waals surface area contributed by atoms with Crippen molar-refractivity contribution >= 4 is 38.3 Å². The van der Waals surface area contributed by atoms with Crippen molar-refractivity contribution in [2.45, 2.75) is 39.2 Å². The zero-order valence-electron chi connectivity index (χ0n) is 18.8. The van der Waals surface area contributed by atoms with Crippen LogP contribution in [0.5, 0.6) is 0 Å². The van der Waals surface area contributed by atoms with Crippen molar-refractivity contribution in [3.05, 3.63) is 59.6 Å². The second-order valence-electron chi connectivity index (χ2n) is 8.72. The maximum Gasteiger partial charge on any atom is 0.189 e. The van der Waals surface area contributed by atoms with Gasteiger partial charge in [-0.1, -0.05) is 48.8 Å². The molecule has 0 amide bonds. The Morgan fingerprint density at radius 2 is 1.94 bits per heavy atom. The van der Waals surface area contributed by atoms with E-state index in [0.29, 0.717) is 11.6 Å². The molecule has 3 aromatic rings. The van der Waals surface area contributed by atoms with E-state index >= 15 is 0 Å². The summed E-state index contributed by atoms with van der Waals surface area (Å²) in [6, 6.07) is 8.64. The third-order valence-corrected chi connectivity index (χ3v) is 7.18. The highest BCUT2D eigenvalue weighted by molar-refractivity contribution is 7.22. The lowest BCUT2D eigenvalue weighted by Gasteiger charge is -2.26. The Morgan fingerprint density at radius 1 is 1.12 bits per heavy atom. The molecule has 1 aliphatic carbocycles. The molecule has 0 radical (unpaired) electrons. The molecule has 1 atom stereocenters. The molecular weight excluding hydrogens is 428 g/mol. The van der Waals surface area contributed by atoms with Gasteiger partial charge in [0.2, 0.25) is 0 Å². The van der Waals surface area contributed by atoms with E-state index in [1.54, 1.807) is 17.7 Å². The Hall–Kier alpha value is -3.21. The van der Waals surface area contributed by atoms with Crippen LogP contribution in [0.15, 0.2) is 54.0 Å². The minimum atomic E-state index is 0.348. The topological polar surface area (TPSA) is 66.0 Å². The lowest BCUT2D eigenvalue weighted by molar-refractivity contribution is 0.221. The number of nitrogens with zero attached hydrogens (tertiary/aromatic N) is 4. The highest BCUT2D eigenvalue weighted by Crippen LogP contribution is 2.33. The largest absolute Gasteiger partial charge is 0.342 e. The summed E-state index contributed by atoms with van der Waals surface area (Å²) >= 11 is 1.55. The zero-order valence-corrected chi connectivity index (χ0v) is 19.7. The van der Waals surface area contributed by atoms with Crippen LogP contribution in [0.2, 0.25) is 0 Å². The van der Waals surface area contributed by atoms with Gasteiger partial charge in [-0.15, -0.1) is 6.42 Å². The Labute approximate surface area is 198 Å². The van der Waals surface area contributed by atoms with E-state index in [-0.39, 0.29) is 0 Å². The molecule has 5 rings (SSSR count). The Kier molecular flexibility index (Phi) is 6.38. The number of anilines is 3.